The van der Waals surface area contributed by atoms with Gasteiger partial charge < -0.3 is 10.6 Å². The first-order chi connectivity index (χ1) is 7.70. The third-order valence-corrected chi connectivity index (χ3v) is 3.60. The molecule has 0 unspecified atom stereocenters. The molecule has 94 valence electrons. The molecule has 0 aromatic rings. The van der Waals surface area contributed by atoms with Crippen LogP contribution in [0.25, 0.3) is 0 Å². The quantitative estimate of drug-likeness (QED) is 0.679. The largest absolute Gasteiger partial charge is 0.356 e. The van der Waals surface area contributed by atoms with E-state index < -0.39 is 0 Å². The van der Waals surface area contributed by atoms with Crippen LogP contribution in [0.2, 0.25) is 0 Å². The fourth-order valence-corrected chi connectivity index (χ4v) is 2.46. The van der Waals surface area contributed by atoms with Crippen molar-refractivity contribution in [2.75, 3.05) is 19.6 Å². The summed E-state index contributed by atoms with van der Waals surface area (Å²) in [5.41, 5.74) is 0. The first kappa shape index (κ1) is 13.5. The predicted octanol–water partition coefficient (Wildman–Crippen LogP) is 1.93. The Morgan fingerprint density at radius 3 is 2.69 bits per heavy atom. The van der Waals surface area contributed by atoms with Gasteiger partial charge in [-0.1, -0.05) is 26.2 Å². The predicted molar refractivity (Wildman–Crippen MR) is 67.3 cm³/mol. The molecule has 0 aromatic carbocycles. The summed E-state index contributed by atoms with van der Waals surface area (Å²) >= 11 is 0. The number of nitrogens with one attached hydrogen (secondary N) is 2. The summed E-state index contributed by atoms with van der Waals surface area (Å²) in [6, 6.07) is 0. The van der Waals surface area contributed by atoms with E-state index in [1.54, 1.807) is 6.92 Å². The van der Waals surface area contributed by atoms with Crippen LogP contribution in [0.15, 0.2) is 0 Å². The number of carbonyl (C=O) groups excluding carboxylic acids is 1. The van der Waals surface area contributed by atoms with Gasteiger partial charge >= 0.3 is 0 Å². The molecule has 1 aliphatic carbocycles. The van der Waals surface area contributed by atoms with E-state index >= 15 is 0 Å². The van der Waals surface area contributed by atoms with E-state index in [1.165, 1.54) is 25.7 Å². The van der Waals surface area contributed by atoms with Crippen molar-refractivity contribution < 1.29 is 4.79 Å². The van der Waals surface area contributed by atoms with Crippen molar-refractivity contribution in [1.29, 1.82) is 0 Å². The van der Waals surface area contributed by atoms with Gasteiger partial charge in [-0.3, -0.25) is 4.79 Å². The lowest BCUT2D eigenvalue weighted by molar-refractivity contribution is -0.118. The summed E-state index contributed by atoms with van der Waals surface area (Å²) in [5, 5.41) is 6.32. The normalized spacial score (nSPS) is 25.4. The first-order valence-corrected chi connectivity index (χ1v) is 6.65. The highest BCUT2D eigenvalue weighted by molar-refractivity contribution is 5.72. The molecule has 0 radical (unpaired) electrons. The second-order valence-corrected chi connectivity index (χ2v) is 5.06. The summed E-state index contributed by atoms with van der Waals surface area (Å²) in [5.74, 6) is 1.83. The molecule has 1 fully saturated rings. The van der Waals surface area contributed by atoms with Crippen LogP contribution in [0.5, 0.6) is 0 Å². The Labute approximate surface area is 99.4 Å². The molecule has 16 heavy (non-hydrogen) atoms. The van der Waals surface area contributed by atoms with Crippen LogP contribution < -0.4 is 10.6 Å². The molecule has 2 atom stereocenters. The number of hydrogen-bond donors (Lipinski definition) is 2. The zero-order valence-electron chi connectivity index (χ0n) is 10.7. The Morgan fingerprint density at radius 1 is 1.25 bits per heavy atom. The van der Waals surface area contributed by atoms with Gasteiger partial charge in [0.2, 0.25) is 5.91 Å². The van der Waals surface area contributed by atoms with Gasteiger partial charge in [-0.2, -0.15) is 0 Å². The highest BCUT2D eigenvalue weighted by Crippen LogP contribution is 2.28. The molecule has 2 N–H and O–H groups in total. The molecule has 0 heterocycles. The lowest BCUT2D eigenvalue weighted by Crippen LogP contribution is -2.31. The molecule has 1 aliphatic rings. The molecule has 0 aliphatic heterocycles. The van der Waals surface area contributed by atoms with Gasteiger partial charge in [-0.15, -0.1) is 0 Å². The van der Waals surface area contributed by atoms with E-state index in [4.69, 9.17) is 0 Å². The van der Waals surface area contributed by atoms with Crippen molar-refractivity contribution in [3.63, 3.8) is 0 Å². The summed E-state index contributed by atoms with van der Waals surface area (Å²) < 4.78 is 0. The molecule has 1 rings (SSSR count). The van der Waals surface area contributed by atoms with Crippen LogP contribution >= 0.6 is 0 Å². The van der Waals surface area contributed by atoms with Crippen molar-refractivity contribution in [1.82, 2.24) is 10.6 Å². The second-order valence-electron chi connectivity index (χ2n) is 5.06. The Balaban J connectivity index is 1.95. The van der Waals surface area contributed by atoms with Crippen LogP contribution in [0.1, 0.15) is 46.0 Å². The molecule has 1 saturated carbocycles. The molecule has 0 saturated heterocycles. The van der Waals surface area contributed by atoms with Gasteiger partial charge in [0.25, 0.3) is 0 Å². The average molecular weight is 226 g/mol. The summed E-state index contributed by atoms with van der Waals surface area (Å²) in [6.45, 7) is 6.91. The molecule has 3 nitrogen and oxygen atoms in total. The summed E-state index contributed by atoms with van der Waals surface area (Å²) in [6.07, 6.45) is 6.64. The van der Waals surface area contributed by atoms with Crippen molar-refractivity contribution in [2.24, 2.45) is 11.8 Å². The minimum absolute atomic E-state index is 0.0703. The zero-order chi connectivity index (χ0) is 11.8. The second kappa shape index (κ2) is 7.66. The van der Waals surface area contributed by atoms with E-state index in [0.717, 1.165) is 37.9 Å². The van der Waals surface area contributed by atoms with Gasteiger partial charge in [0.15, 0.2) is 0 Å². The van der Waals surface area contributed by atoms with Gasteiger partial charge in [-0.05, 0) is 37.8 Å². The SMILES string of the molecule is CC(=O)NCCCNC[C@@H]1CCCC[C@@H]1C. The van der Waals surface area contributed by atoms with Crippen LogP contribution in [-0.2, 0) is 4.79 Å². The lowest BCUT2D eigenvalue weighted by Gasteiger charge is -2.28. The van der Waals surface area contributed by atoms with Gasteiger partial charge in [0, 0.05) is 13.5 Å². The maximum absolute atomic E-state index is 10.6. The molecular formula is C13H26N2O. The number of carbonyl (C=O) groups is 1. The standard InChI is InChI=1S/C13H26N2O/c1-11-6-3-4-7-13(11)10-14-8-5-9-15-12(2)16/h11,13-14H,3-10H2,1-2H3,(H,15,16)/t11-,13-/m0/s1. The number of hydrogen-bond acceptors (Lipinski definition) is 2. The number of amides is 1. The number of rotatable bonds is 6. The van der Waals surface area contributed by atoms with Gasteiger partial charge in [0.05, 0.1) is 0 Å². The third kappa shape index (κ3) is 5.50. The zero-order valence-corrected chi connectivity index (χ0v) is 10.7. The maximum atomic E-state index is 10.6. The van der Waals surface area contributed by atoms with E-state index in [9.17, 15) is 4.79 Å². The average Bonchev–Trinajstić information content (AvgIpc) is 2.25. The Bertz CT molecular complexity index is 206. The third-order valence-electron chi connectivity index (χ3n) is 3.60. The molecule has 0 bridgehead atoms. The van der Waals surface area contributed by atoms with E-state index in [0.29, 0.717) is 0 Å². The summed E-state index contributed by atoms with van der Waals surface area (Å²) in [4.78, 5) is 10.6. The Morgan fingerprint density at radius 2 is 2.00 bits per heavy atom. The molecule has 1 amide bonds. The van der Waals surface area contributed by atoms with E-state index in [-0.39, 0.29) is 5.91 Å². The first-order valence-electron chi connectivity index (χ1n) is 6.65. The highest BCUT2D eigenvalue weighted by Gasteiger charge is 2.20. The van der Waals surface area contributed by atoms with E-state index in [2.05, 4.69) is 17.6 Å². The van der Waals surface area contributed by atoms with Crippen molar-refractivity contribution in [2.45, 2.75) is 46.0 Å². The van der Waals surface area contributed by atoms with Gasteiger partial charge in [0.1, 0.15) is 0 Å². The van der Waals surface area contributed by atoms with Crippen molar-refractivity contribution in [3.8, 4) is 0 Å². The fourth-order valence-electron chi connectivity index (χ4n) is 2.46. The molecular weight excluding hydrogens is 200 g/mol. The smallest absolute Gasteiger partial charge is 0.216 e. The highest BCUT2D eigenvalue weighted by atomic mass is 16.1. The topological polar surface area (TPSA) is 41.1 Å². The minimum Gasteiger partial charge on any atom is -0.356 e. The molecule has 0 aromatic heterocycles. The van der Waals surface area contributed by atoms with Gasteiger partial charge in [-0.25, -0.2) is 0 Å². The van der Waals surface area contributed by atoms with Crippen LogP contribution in [0.3, 0.4) is 0 Å². The van der Waals surface area contributed by atoms with Crippen molar-refractivity contribution in [3.05, 3.63) is 0 Å². The lowest BCUT2D eigenvalue weighted by atomic mass is 9.80. The Hall–Kier alpha value is -0.570. The van der Waals surface area contributed by atoms with E-state index in [1.807, 2.05) is 0 Å². The maximum Gasteiger partial charge on any atom is 0.216 e. The fraction of sp³-hybridized carbons (Fsp3) is 0.923. The van der Waals surface area contributed by atoms with Crippen LogP contribution in [0, 0.1) is 11.8 Å². The molecule has 0 spiro atoms. The monoisotopic (exact) mass is 226 g/mol. The minimum atomic E-state index is 0.0703. The van der Waals surface area contributed by atoms with Crippen LogP contribution in [-0.4, -0.2) is 25.5 Å². The summed E-state index contributed by atoms with van der Waals surface area (Å²) in [7, 11) is 0. The molecule has 3 heteroatoms. The Kier molecular flexibility index (Phi) is 6.46. The van der Waals surface area contributed by atoms with Crippen LogP contribution in [0.4, 0.5) is 0 Å². The van der Waals surface area contributed by atoms with Crippen molar-refractivity contribution >= 4 is 5.91 Å².